The standard InChI is InChI=1S/C14H22N4O2/c1-14(2,3)20-13(19)17-11-5-4-6-16-12(11)18-9-7-15-8-10-18/h4-6,15H,7-10H2,1-3H3,(H,17,19). The number of anilines is 2. The van der Waals surface area contributed by atoms with Crippen LogP contribution < -0.4 is 15.5 Å². The van der Waals surface area contributed by atoms with E-state index in [0.29, 0.717) is 5.69 Å². The summed E-state index contributed by atoms with van der Waals surface area (Å²) in [6.45, 7) is 9.11. The smallest absolute Gasteiger partial charge is 0.412 e. The minimum Gasteiger partial charge on any atom is -0.444 e. The molecule has 2 N–H and O–H groups in total. The number of ether oxygens (including phenoxy) is 1. The molecule has 0 radical (unpaired) electrons. The average Bonchev–Trinajstić information content (AvgIpc) is 2.38. The third-order valence-corrected chi connectivity index (χ3v) is 2.84. The van der Waals surface area contributed by atoms with E-state index < -0.39 is 11.7 Å². The van der Waals surface area contributed by atoms with Crippen LogP contribution in [0.3, 0.4) is 0 Å². The van der Waals surface area contributed by atoms with Crippen LogP contribution in [0.2, 0.25) is 0 Å². The van der Waals surface area contributed by atoms with E-state index in [-0.39, 0.29) is 0 Å². The van der Waals surface area contributed by atoms with Gasteiger partial charge in [-0.25, -0.2) is 9.78 Å². The summed E-state index contributed by atoms with van der Waals surface area (Å²) in [6, 6.07) is 3.65. The number of carbonyl (C=O) groups is 1. The maximum atomic E-state index is 11.9. The number of hydrogen-bond acceptors (Lipinski definition) is 5. The van der Waals surface area contributed by atoms with Crippen molar-refractivity contribution in [3.8, 4) is 0 Å². The van der Waals surface area contributed by atoms with Gasteiger partial charge in [-0.15, -0.1) is 0 Å². The van der Waals surface area contributed by atoms with Gasteiger partial charge in [0.15, 0.2) is 5.82 Å². The van der Waals surface area contributed by atoms with Crippen molar-refractivity contribution >= 4 is 17.6 Å². The Morgan fingerprint density at radius 2 is 2.10 bits per heavy atom. The van der Waals surface area contributed by atoms with Crippen molar-refractivity contribution in [2.45, 2.75) is 26.4 Å². The van der Waals surface area contributed by atoms with E-state index >= 15 is 0 Å². The quantitative estimate of drug-likeness (QED) is 0.864. The zero-order chi connectivity index (χ0) is 14.6. The molecule has 1 aromatic heterocycles. The Bertz CT molecular complexity index is 464. The summed E-state index contributed by atoms with van der Waals surface area (Å²) in [5, 5.41) is 6.07. The molecular formula is C14H22N4O2. The molecule has 0 spiro atoms. The molecule has 1 fully saturated rings. The summed E-state index contributed by atoms with van der Waals surface area (Å²) in [7, 11) is 0. The van der Waals surface area contributed by atoms with Crippen molar-refractivity contribution in [1.82, 2.24) is 10.3 Å². The molecule has 0 saturated carbocycles. The number of nitrogens with one attached hydrogen (secondary N) is 2. The molecule has 110 valence electrons. The zero-order valence-corrected chi connectivity index (χ0v) is 12.3. The Labute approximate surface area is 119 Å². The highest BCUT2D eigenvalue weighted by molar-refractivity contribution is 5.88. The van der Waals surface area contributed by atoms with Crippen LogP contribution >= 0.6 is 0 Å². The lowest BCUT2D eigenvalue weighted by Gasteiger charge is -2.30. The van der Waals surface area contributed by atoms with E-state index in [2.05, 4.69) is 20.5 Å². The van der Waals surface area contributed by atoms with E-state index in [1.807, 2.05) is 26.8 Å². The number of carbonyl (C=O) groups excluding carboxylic acids is 1. The molecule has 6 heteroatoms. The van der Waals surface area contributed by atoms with Crippen molar-refractivity contribution in [3.05, 3.63) is 18.3 Å². The monoisotopic (exact) mass is 278 g/mol. The van der Waals surface area contributed by atoms with Crippen LogP contribution in [0, 0.1) is 0 Å². The topological polar surface area (TPSA) is 66.5 Å². The molecule has 0 unspecified atom stereocenters. The highest BCUT2D eigenvalue weighted by atomic mass is 16.6. The van der Waals surface area contributed by atoms with Crippen LogP contribution in [0.1, 0.15) is 20.8 Å². The molecule has 0 bridgehead atoms. The molecule has 6 nitrogen and oxygen atoms in total. The molecule has 0 aromatic carbocycles. The first-order valence-electron chi connectivity index (χ1n) is 6.86. The van der Waals surface area contributed by atoms with Gasteiger partial charge in [-0.1, -0.05) is 0 Å². The molecular weight excluding hydrogens is 256 g/mol. The number of pyridine rings is 1. The molecule has 0 atom stereocenters. The molecule has 2 rings (SSSR count). The molecule has 2 heterocycles. The second-order valence-corrected chi connectivity index (χ2v) is 5.74. The van der Waals surface area contributed by atoms with Gasteiger partial charge < -0.3 is 15.0 Å². The first kappa shape index (κ1) is 14.6. The van der Waals surface area contributed by atoms with Crippen molar-refractivity contribution in [2.75, 3.05) is 36.4 Å². The van der Waals surface area contributed by atoms with Crippen LogP contribution in [0.5, 0.6) is 0 Å². The van der Waals surface area contributed by atoms with Crippen molar-refractivity contribution in [2.24, 2.45) is 0 Å². The fourth-order valence-electron chi connectivity index (χ4n) is 2.04. The van der Waals surface area contributed by atoms with Gasteiger partial charge in [-0.05, 0) is 32.9 Å². The van der Waals surface area contributed by atoms with E-state index in [4.69, 9.17) is 4.74 Å². The molecule has 1 aliphatic heterocycles. The lowest BCUT2D eigenvalue weighted by molar-refractivity contribution is 0.0636. The average molecular weight is 278 g/mol. The number of rotatable bonds is 2. The van der Waals surface area contributed by atoms with Crippen molar-refractivity contribution in [1.29, 1.82) is 0 Å². The number of nitrogens with zero attached hydrogens (tertiary/aromatic N) is 2. The van der Waals surface area contributed by atoms with Gasteiger partial charge in [-0.3, -0.25) is 5.32 Å². The number of amides is 1. The Hall–Kier alpha value is -1.82. The highest BCUT2D eigenvalue weighted by Crippen LogP contribution is 2.23. The zero-order valence-electron chi connectivity index (χ0n) is 12.3. The van der Waals surface area contributed by atoms with Crippen LogP contribution in [-0.4, -0.2) is 42.9 Å². The van der Waals surface area contributed by atoms with Gasteiger partial charge in [0, 0.05) is 32.4 Å². The lowest BCUT2D eigenvalue weighted by atomic mass is 10.2. The minimum absolute atomic E-state index is 0.457. The van der Waals surface area contributed by atoms with Gasteiger partial charge >= 0.3 is 6.09 Å². The van der Waals surface area contributed by atoms with Gasteiger partial charge in [0.05, 0.1) is 5.69 Å². The molecule has 1 aromatic rings. The van der Waals surface area contributed by atoms with Crippen LogP contribution in [0.25, 0.3) is 0 Å². The Balaban J connectivity index is 2.09. The van der Waals surface area contributed by atoms with Crippen LogP contribution in [0.15, 0.2) is 18.3 Å². The van der Waals surface area contributed by atoms with Crippen molar-refractivity contribution in [3.63, 3.8) is 0 Å². The minimum atomic E-state index is -0.512. The normalized spacial score (nSPS) is 15.8. The van der Waals surface area contributed by atoms with Gasteiger partial charge in [0.25, 0.3) is 0 Å². The molecule has 1 saturated heterocycles. The van der Waals surface area contributed by atoms with Gasteiger partial charge in [0.1, 0.15) is 5.60 Å². The SMILES string of the molecule is CC(C)(C)OC(=O)Nc1cccnc1N1CCNCC1. The van der Waals surface area contributed by atoms with Crippen LogP contribution in [0.4, 0.5) is 16.3 Å². The number of piperazine rings is 1. The van der Waals surface area contributed by atoms with Crippen molar-refractivity contribution < 1.29 is 9.53 Å². The summed E-state index contributed by atoms with van der Waals surface area (Å²) in [5.74, 6) is 0.792. The van der Waals surface area contributed by atoms with Crippen LogP contribution in [-0.2, 0) is 4.74 Å². The first-order valence-corrected chi connectivity index (χ1v) is 6.86. The fourth-order valence-corrected chi connectivity index (χ4v) is 2.04. The summed E-state index contributed by atoms with van der Waals surface area (Å²) in [5.41, 5.74) is 0.172. The first-order chi connectivity index (χ1) is 9.46. The van der Waals surface area contributed by atoms with E-state index in [1.54, 1.807) is 12.3 Å². The maximum absolute atomic E-state index is 11.9. The second kappa shape index (κ2) is 6.09. The summed E-state index contributed by atoms with van der Waals surface area (Å²) < 4.78 is 5.28. The highest BCUT2D eigenvalue weighted by Gasteiger charge is 2.20. The van der Waals surface area contributed by atoms with Gasteiger partial charge in [0.2, 0.25) is 0 Å². The van der Waals surface area contributed by atoms with E-state index in [9.17, 15) is 4.79 Å². The Morgan fingerprint density at radius 1 is 1.40 bits per heavy atom. The number of hydrogen-bond donors (Lipinski definition) is 2. The Morgan fingerprint density at radius 3 is 2.75 bits per heavy atom. The summed E-state index contributed by atoms with van der Waals surface area (Å²) in [6.07, 6.45) is 1.28. The second-order valence-electron chi connectivity index (χ2n) is 5.74. The largest absolute Gasteiger partial charge is 0.444 e. The molecule has 1 aliphatic rings. The molecule has 1 amide bonds. The predicted octanol–water partition coefficient (Wildman–Crippen LogP) is 1.84. The maximum Gasteiger partial charge on any atom is 0.412 e. The third-order valence-electron chi connectivity index (χ3n) is 2.84. The van der Waals surface area contributed by atoms with E-state index in [1.165, 1.54) is 0 Å². The van der Waals surface area contributed by atoms with E-state index in [0.717, 1.165) is 32.0 Å². The predicted molar refractivity (Wildman–Crippen MR) is 79.2 cm³/mol. The fraction of sp³-hybridized carbons (Fsp3) is 0.571. The number of aromatic nitrogens is 1. The lowest BCUT2D eigenvalue weighted by Crippen LogP contribution is -2.44. The molecule has 0 aliphatic carbocycles. The van der Waals surface area contributed by atoms with Gasteiger partial charge in [-0.2, -0.15) is 0 Å². The third kappa shape index (κ3) is 4.09. The molecule has 20 heavy (non-hydrogen) atoms. The summed E-state index contributed by atoms with van der Waals surface area (Å²) in [4.78, 5) is 18.4. The summed E-state index contributed by atoms with van der Waals surface area (Å²) >= 11 is 0. The Kier molecular flexibility index (Phi) is 4.44.